The van der Waals surface area contributed by atoms with Crippen LogP contribution in [0.4, 0.5) is 4.79 Å². The van der Waals surface area contributed by atoms with Crippen LogP contribution in [0.3, 0.4) is 0 Å². The zero-order valence-corrected chi connectivity index (χ0v) is 8.32. The van der Waals surface area contributed by atoms with Crippen molar-refractivity contribution in [1.29, 1.82) is 0 Å². The molecule has 0 aromatic carbocycles. The molecular weight excluding hydrogens is 213 g/mol. The summed E-state index contributed by atoms with van der Waals surface area (Å²) in [5.41, 5.74) is 0. The summed E-state index contributed by atoms with van der Waals surface area (Å²) in [6.45, 7) is 4.70. The third-order valence-corrected chi connectivity index (χ3v) is 0.998. The lowest BCUT2D eigenvalue weighted by Gasteiger charge is -1.94. The molecule has 14 heavy (non-hydrogen) atoms. The summed E-state index contributed by atoms with van der Waals surface area (Å²) in [7, 11) is -2.88. The van der Waals surface area contributed by atoms with Gasteiger partial charge in [0.25, 0.3) is 0 Å². The minimum atomic E-state index is -2.88. The first-order valence-corrected chi connectivity index (χ1v) is 4.54. The van der Waals surface area contributed by atoms with Crippen LogP contribution in [0.25, 0.3) is 0 Å². The van der Waals surface area contributed by atoms with Crippen molar-refractivity contribution < 1.29 is 28.9 Å². The Labute approximate surface area is 81.3 Å². The number of carbonyl (C=O) groups excluding carboxylic acids is 1. The molecule has 0 spiro atoms. The largest absolute Gasteiger partial charge is 0.573 e. The smallest absolute Gasteiger partial charge is 0.447 e. The molecular formula is C6H10NO6P. The Balaban J connectivity index is 0. The SMILES string of the molecule is C=CC(=O)O.CCOC(=O)N[P+](=O)[O-]. The standard InChI is InChI=1S/C3H6NO4P.C3H4O2/c1-2-8-3(5)4-9(6)7;1-2-3(4)5/h2H2,1H3,(H,4,5,6,7);2H,1H2,(H,4,5). The van der Waals surface area contributed by atoms with Crippen molar-refractivity contribution in [1.82, 2.24) is 5.09 Å². The van der Waals surface area contributed by atoms with Crippen molar-refractivity contribution in [3.63, 3.8) is 0 Å². The van der Waals surface area contributed by atoms with Gasteiger partial charge in [0, 0.05) is 6.08 Å². The van der Waals surface area contributed by atoms with E-state index >= 15 is 0 Å². The fourth-order valence-electron chi connectivity index (χ4n) is 0.238. The highest BCUT2D eigenvalue weighted by Crippen LogP contribution is 1.97. The lowest BCUT2D eigenvalue weighted by Crippen LogP contribution is -2.20. The van der Waals surface area contributed by atoms with E-state index in [1.807, 2.05) is 0 Å². The zero-order chi connectivity index (χ0) is 11.6. The number of carboxylic acids is 1. The summed E-state index contributed by atoms with van der Waals surface area (Å²) in [6, 6.07) is 0. The Bertz CT molecular complexity index is 228. The van der Waals surface area contributed by atoms with Crippen LogP contribution in [0.2, 0.25) is 0 Å². The summed E-state index contributed by atoms with van der Waals surface area (Å²) in [5.74, 6) is -0.981. The minimum Gasteiger partial charge on any atom is -0.573 e. The molecule has 2 N–H and O–H groups in total. The van der Waals surface area contributed by atoms with Crippen LogP contribution in [0.15, 0.2) is 12.7 Å². The normalized spacial score (nSPS) is 8.86. The zero-order valence-electron chi connectivity index (χ0n) is 7.43. The molecule has 0 radical (unpaired) electrons. The number of nitrogens with one attached hydrogen (secondary N) is 1. The van der Waals surface area contributed by atoms with Gasteiger partial charge in [0.1, 0.15) is 0 Å². The average Bonchev–Trinajstić information content (AvgIpc) is 2.04. The van der Waals surface area contributed by atoms with Gasteiger partial charge in [-0.3, -0.25) is 0 Å². The lowest BCUT2D eigenvalue weighted by atomic mass is 10.7. The highest BCUT2D eigenvalue weighted by Gasteiger charge is 2.07. The maximum Gasteiger partial charge on any atom is 0.447 e. The van der Waals surface area contributed by atoms with E-state index in [1.165, 1.54) is 5.09 Å². The van der Waals surface area contributed by atoms with Gasteiger partial charge in [-0.15, -0.1) is 5.09 Å². The maximum atomic E-state index is 10.1. The van der Waals surface area contributed by atoms with Crippen molar-refractivity contribution in [2.24, 2.45) is 0 Å². The molecule has 0 saturated carbocycles. The molecule has 0 aromatic heterocycles. The van der Waals surface area contributed by atoms with E-state index in [0.717, 1.165) is 6.08 Å². The fourth-order valence-corrected chi connectivity index (χ4v) is 0.452. The molecule has 0 aromatic rings. The van der Waals surface area contributed by atoms with Crippen LogP contribution in [-0.4, -0.2) is 23.8 Å². The first-order valence-electron chi connectivity index (χ1n) is 3.37. The molecule has 0 aliphatic carbocycles. The van der Waals surface area contributed by atoms with Gasteiger partial charge in [0.2, 0.25) is 0 Å². The summed E-state index contributed by atoms with van der Waals surface area (Å²) in [6.07, 6.45) is -0.103. The van der Waals surface area contributed by atoms with E-state index in [0.29, 0.717) is 0 Å². The quantitative estimate of drug-likeness (QED) is 0.514. The van der Waals surface area contributed by atoms with Crippen molar-refractivity contribution in [3.05, 3.63) is 12.7 Å². The monoisotopic (exact) mass is 223 g/mol. The molecule has 0 heterocycles. The van der Waals surface area contributed by atoms with Gasteiger partial charge in [-0.25, -0.2) is 9.59 Å². The van der Waals surface area contributed by atoms with Crippen LogP contribution in [0, 0.1) is 0 Å². The van der Waals surface area contributed by atoms with Gasteiger partial charge in [-0.1, -0.05) is 6.58 Å². The van der Waals surface area contributed by atoms with Crippen molar-refractivity contribution >= 4 is 20.2 Å². The van der Waals surface area contributed by atoms with Crippen molar-refractivity contribution in [3.8, 4) is 0 Å². The Hall–Kier alpha value is -1.46. The molecule has 1 amide bonds. The van der Waals surface area contributed by atoms with E-state index < -0.39 is 20.2 Å². The number of carbonyl (C=O) groups is 2. The van der Waals surface area contributed by atoms with E-state index in [9.17, 15) is 19.0 Å². The van der Waals surface area contributed by atoms with Crippen LogP contribution < -0.4 is 9.98 Å². The second kappa shape index (κ2) is 9.63. The third-order valence-electron chi connectivity index (χ3n) is 0.633. The van der Waals surface area contributed by atoms with Crippen molar-refractivity contribution in [2.75, 3.05) is 6.61 Å². The predicted molar refractivity (Wildman–Crippen MR) is 45.6 cm³/mol. The van der Waals surface area contributed by atoms with E-state index in [2.05, 4.69) is 11.3 Å². The van der Waals surface area contributed by atoms with Gasteiger partial charge >= 0.3 is 20.2 Å². The molecule has 0 rings (SSSR count). The van der Waals surface area contributed by atoms with Crippen LogP contribution in [0.5, 0.6) is 0 Å². The topological polar surface area (TPSA) is 116 Å². The number of hydrogen-bond acceptors (Lipinski definition) is 5. The molecule has 1 atom stereocenters. The van der Waals surface area contributed by atoms with Gasteiger partial charge in [0.15, 0.2) is 0 Å². The van der Waals surface area contributed by atoms with Gasteiger partial charge in [0.05, 0.1) is 6.61 Å². The number of carboxylic acid groups (broad SMARTS) is 1. The first-order chi connectivity index (χ1) is 6.43. The van der Waals surface area contributed by atoms with Gasteiger partial charge < -0.3 is 14.7 Å². The Kier molecular flexibility index (Phi) is 10.3. The van der Waals surface area contributed by atoms with Crippen LogP contribution in [-0.2, 0) is 14.1 Å². The number of ether oxygens (including phenoxy) is 1. The van der Waals surface area contributed by atoms with E-state index in [4.69, 9.17) is 5.11 Å². The van der Waals surface area contributed by atoms with Crippen LogP contribution >= 0.6 is 8.18 Å². The van der Waals surface area contributed by atoms with E-state index in [1.54, 1.807) is 6.92 Å². The Morgan fingerprint density at radius 2 is 2.14 bits per heavy atom. The minimum absolute atomic E-state index is 0.162. The Morgan fingerprint density at radius 3 is 2.36 bits per heavy atom. The van der Waals surface area contributed by atoms with E-state index in [-0.39, 0.29) is 6.61 Å². The molecule has 7 nitrogen and oxygen atoms in total. The molecule has 8 heteroatoms. The summed E-state index contributed by atoms with van der Waals surface area (Å²) in [4.78, 5) is 29.1. The summed E-state index contributed by atoms with van der Waals surface area (Å²) >= 11 is 0. The number of aliphatic carboxylic acids is 1. The lowest BCUT2D eigenvalue weighted by molar-refractivity contribution is -0.166. The molecule has 0 fully saturated rings. The number of hydrogen-bond donors (Lipinski definition) is 2. The highest BCUT2D eigenvalue weighted by atomic mass is 31.1. The number of rotatable bonds is 3. The third kappa shape index (κ3) is 16.9. The summed E-state index contributed by atoms with van der Waals surface area (Å²) in [5, 5.41) is 9.14. The highest BCUT2D eigenvalue weighted by molar-refractivity contribution is 7.34. The van der Waals surface area contributed by atoms with Crippen molar-refractivity contribution in [2.45, 2.75) is 6.92 Å². The second-order valence-electron chi connectivity index (χ2n) is 1.63. The Morgan fingerprint density at radius 1 is 1.71 bits per heavy atom. The van der Waals surface area contributed by atoms with Gasteiger partial charge in [-0.2, -0.15) is 0 Å². The maximum absolute atomic E-state index is 10.1. The number of amides is 1. The summed E-state index contributed by atoms with van der Waals surface area (Å²) < 4.78 is 13.9. The molecule has 0 saturated heterocycles. The van der Waals surface area contributed by atoms with Gasteiger partial charge in [-0.05, 0) is 11.5 Å². The molecule has 0 aliphatic heterocycles. The average molecular weight is 223 g/mol. The molecule has 0 aliphatic rings. The fraction of sp³-hybridized carbons (Fsp3) is 0.333. The second-order valence-corrected chi connectivity index (χ2v) is 2.37. The van der Waals surface area contributed by atoms with Crippen LogP contribution in [0.1, 0.15) is 6.92 Å². The molecule has 0 bridgehead atoms. The predicted octanol–water partition coefficient (Wildman–Crippen LogP) is 0.00720. The molecule has 80 valence electrons. The molecule has 1 unspecified atom stereocenters. The first kappa shape index (κ1) is 15.0.